The lowest BCUT2D eigenvalue weighted by Gasteiger charge is -2.38. The molecule has 2 unspecified atom stereocenters. The van der Waals surface area contributed by atoms with Crippen molar-refractivity contribution in [3.8, 4) is 0 Å². The normalized spacial score (nSPS) is 29.2. The van der Waals surface area contributed by atoms with E-state index in [9.17, 15) is 0 Å². The Hall–Kier alpha value is -0.820. The summed E-state index contributed by atoms with van der Waals surface area (Å²) in [6, 6.07) is 8.97. The first-order valence-electron chi connectivity index (χ1n) is 7.06. The molecule has 2 atom stereocenters. The molecule has 1 aromatic rings. The Bertz CT molecular complexity index is 354. The van der Waals surface area contributed by atoms with Crippen LogP contribution in [0.15, 0.2) is 24.3 Å². The third-order valence-electron chi connectivity index (χ3n) is 4.40. The molecule has 0 spiro atoms. The van der Waals surface area contributed by atoms with Crippen LogP contribution < -0.4 is 5.73 Å². The van der Waals surface area contributed by atoms with Crippen molar-refractivity contribution in [1.29, 1.82) is 0 Å². The molecule has 0 heterocycles. The molecular weight excluding hydrogens is 206 g/mol. The Morgan fingerprint density at radius 2 is 1.94 bits per heavy atom. The molecule has 1 nitrogen and oxygen atoms in total. The summed E-state index contributed by atoms with van der Waals surface area (Å²) in [6.07, 6.45) is 7.33. The summed E-state index contributed by atoms with van der Waals surface area (Å²) in [4.78, 5) is 0. The Labute approximate surface area is 105 Å². The van der Waals surface area contributed by atoms with Crippen LogP contribution in [-0.2, 0) is 12.0 Å². The minimum absolute atomic E-state index is 0.0643. The molecule has 1 fully saturated rings. The number of hydrogen-bond donors (Lipinski definition) is 1. The zero-order valence-electron chi connectivity index (χ0n) is 11.2. The van der Waals surface area contributed by atoms with Gasteiger partial charge in [-0.3, -0.25) is 0 Å². The first kappa shape index (κ1) is 12.6. The van der Waals surface area contributed by atoms with Gasteiger partial charge in [-0.2, -0.15) is 0 Å². The van der Waals surface area contributed by atoms with E-state index in [0.29, 0.717) is 0 Å². The zero-order chi connectivity index (χ0) is 12.3. The second-order valence-electron chi connectivity index (χ2n) is 5.58. The highest BCUT2D eigenvalue weighted by Crippen LogP contribution is 2.39. The maximum Gasteiger partial charge on any atom is 0.0412 e. The first-order chi connectivity index (χ1) is 8.18. The van der Waals surface area contributed by atoms with Gasteiger partial charge < -0.3 is 5.73 Å². The van der Waals surface area contributed by atoms with Gasteiger partial charge in [0, 0.05) is 5.54 Å². The molecule has 0 radical (unpaired) electrons. The summed E-state index contributed by atoms with van der Waals surface area (Å²) in [5, 5.41) is 0. The molecule has 0 bridgehead atoms. The number of nitrogens with two attached hydrogens (primary N) is 1. The van der Waals surface area contributed by atoms with Crippen molar-refractivity contribution in [2.24, 2.45) is 11.7 Å². The smallest absolute Gasteiger partial charge is 0.0412 e. The number of aryl methyl sites for hydroxylation is 1. The van der Waals surface area contributed by atoms with Crippen molar-refractivity contribution >= 4 is 0 Å². The Balaban J connectivity index is 2.18. The van der Waals surface area contributed by atoms with Crippen molar-refractivity contribution in [2.45, 2.75) is 57.9 Å². The van der Waals surface area contributed by atoms with E-state index < -0.39 is 0 Å². The van der Waals surface area contributed by atoms with Crippen LogP contribution in [0.25, 0.3) is 0 Å². The van der Waals surface area contributed by atoms with Crippen molar-refractivity contribution in [2.75, 3.05) is 0 Å². The SMILES string of the molecule is CCc1ccc(C2(N)CCCC(CC)C2)cc1. The monoisotopic (exact) mass is 231 g/mol. The molecule has 2 rings (SSSR count). The fraction of sp³-hybridized carbons (Fsp3) is 0.625. The van der Waals surface area contributed by atoms with E-state index in [2.05, 4.69) is 38.1 Å². The molecule has 1 aliphatic carbocycles. The molecule has 94 valence electrons. The van der Waals surface area contributed by atoms with Gasteiger partial charge in [-0.1, -0.05) is 57.4 Å². The van der Waals surface area contributed by atoms with Gasteiger partial charge in [-0.15, -0.1) is 0 Å². The Kier molecular flexibility index (Phi) is 3.88. The van der Waals surface area contributed by atoms with Crippen molar-refractivity contribution < 1.29 is 0 Å². The molecule has 2 N–H and O–H groups in total. The molecule has 1 saturated carbocycles. The van der Waals surface area contributed by atoms with Gasteiger partial charge in [0.1, 0.15) is 0 Å². The molecule has 17 heavy (non-hydrogen) atoms. The van der Waals surface area contributed by atoms with Gasteiger partial charge in [-0.05, 0) is 36.3 Å². The van der Waals surface area contributed by atoms with E-state index in [1.165, 1.54) is 30.4 Å². The van der Waals surface area contributed by atoms with E-state index in [4.69, 9.17) is 5.73 Å². The number of hydrogen-bond acceptors (Lipinski definition) is 1. The minimum atomic E-state index is -0.0643. The zero-order valence-corrected chi connectivity index (χ0v) is 11.2. The second-order valence-corrected chi connectivity index (χ2v) is 5.58. The summed E-state index contributed by atoms with van der Waals surface area (Å²) in [6.45, 7) is 4.48. The topological polar surface area (TPSA) is 26.0 Å². The van der Waals surface area contributed by atoms with Crippen LogP contribution in [0.4, 0.5) is 0 Å². The van der Waals surface area contributed by atoms with Crippen LogP contribution in [0, 0.1) is 5.92 Å². The van der Waals surface area contributed by atoms with Gasteiger partial charge in [-0.25, -0.2) is 0 Å². The van der Waals surface area contributed by atoms with E-state index in [-0.39, 0.29) is 5.54 Å². The summed E-state index contributed by atoms with van der Waals surface area (Å²) < 4.78 is 0. The number of benzene rings is 1. The van der Waals surface area contributed by atoms with Gasteiger partial charge in [0.25, 0.3) is 0 Å². The summed E-state index contributed by atoms with van der Waals surface area (Å²) in [5.41, 5.74) is 9.32. The molecular formula is C16H25N. The molecule has 0 aliphatic heterocycles. The lowest BCUT2D eigenvalue weighted by atomic mass is 9.72. The molecule has 0 aromatic heterocycles. The highest BCUT2D eigenvalue weighted by molar-refractivity contribution is 5.29. The fourth-order valence-corrected chi connectivity index (χ4v) is 3.11. The third-order valence-corrected chi connectivity index (χ3v) is 4.40. The summed E-state index contributed by atoms with van der Waals surface area (Å²) in [7, 11) is 0. The standard InChI is InChI=1S/C16H25N/c1-3-13-7-9-15(10-8-13)16(17)11-5-6-14(4-2)12-16/h7-10,14H,3-6,11-12,17H2,1-2H3. The summed E-state index contributed by atoms with van der Waals surface area (Å²) >= 11 is 0. The second kappa shape index (κ2) is 5.22. The van der Waals surface area contributed by atoms with E-state index >= 15 is 0 Å². The molecule has 0 amide bonds. The lowest BCUT2D eigenvalue weighted by molar-refractivity contribution is 0.221. The molecule has 1 aliphatic rings. The average molecular weight is 231 g/mol. The highest BCUT2D eigenvalue weighted by Gasteiger charge is 2.33. The van der Waals surface area contributed by atoms with Crippen LogP contribution in [0.3, 0.4) is 0 Å². The van der Waals surface area contributed by atoms with Crippen LogP contribution >= 0.6 is 0 Å². The predicted octanol–water partition coefficient (Wildman–Crippen LogP) is 4.00. The maximum atomic E-state index is 6.64. The lowest BCUT2D eigenvalue weighted by Crippen LogP contribution is -2.41. The van der Waals surface area contributed by atoms with Crippen LogP contribution in [-0.4, -0.2) is 0 Å². The van der Waals surface area contributed by atoms with Gasteiger partial charge in [0.2, 0.25) is 0 Å². The van der Waals surface area contributed by atoms with Crippen molar-refractivity contribution in [3.05, 3.63) is 35.4 Å². The quantitative estimate of drug-likeness (QED) is 0.836. The van der Waals surface area contributed by atoms with Gasteiger partial charge in [0.05, 0.1) is 0 Å². The largest absolute Gasteiger partial charge is 0.321 e. The Morgan fingerprint density at radius 3 is 2.53 bits per heavy atom. The molecule has 0 saturated heterocycles. The fourth-order valence-electron chi connectivity index (χ4n) is 3.11. The predicted molar refractivity (Wildman–Crippen MR) is 73.9 cm³/mol. The highest BCUT2D eigenvalue weighted by atomic mass is 14.7. The molecule has 1 heteroatoms. The average Bonchev–Trinajstić information content (AvgIpc) is 2.39. The first-order valence-corrected chi connectivity index (χ1v) is 7.06. The maximum absolute atomic E-state index is 6.64. The van der Waals surface area contributed by atoms with Gasteiger partial charge in [0.15, 0.2) is 0 Å². The van der Waals surface area contributed by atoms with E-state index in [1.54, 1.807) is 0 Å². The summed E-state index contributed by atoms with van der Waals surface area (Å²) in [5.74, 6) is 0.819. The van der Waals surface area contributed by atoms with Crippen LogP contribution in [0.5, 0.6) is 0 Å². The van der Waals surface area contributed by atoms with Gasteiger partial charge >= 0.3 is 0 Å². The minimum Gasteiger partial charge on any atom is -0.321 e. The van der Waals surface area contributed by atoms with Crippen molar-refractivity contribution in [1.82, 2.24) is 0 Å². The molecule has 1 aromatic carbocycles. The van der Waals surface area contributed by atoms with Crippen LogP contribution in [0.2, 0.25) is 0 Å². The van der Waals surface area contributed by atoms with E-state index in [1.807, 2.05) is 0 Å². The van der Waals surface area contributed by atoms with Crippen LogP contribution in [0.1, 0.15) is 57.1 Å². The Morgan fingerprint density at radius 1 is 1.24 bits per heavy atom. The van der Waals surface area contributed by atoms with Crippen molar-refractivity contribution in [3.63, 3.8) is 0 Å². The third kappa shape index (κ3) is 2.71. The number of rotatable bonds is 3. The van der Waals surface area contributed by atoms with E-state index in [0.717, 1.165) is 25.2 Å².